The van der Waals surface area contributed by atoms with Crippen LogP contribution in [-0.4, -0.2) is 33.6 Å². The van der Waals surface area contributed by atoms with Crippen LogP contribution < -0.4 is 9.42 Å². The Morgan fingerprint density at radius 1 is 0.872 bits per heavy atom. The van der Waals surface area contributed by atoms with Crippen LogP contribution in [0.5, 0.6) is 11.5 Å². The summed E-state index contributed by atoms with van der Waals surface area (Å²) in [7, 11) is 1.90. The number of rotatable bonds is 7. The van der Waals surface area contributed by atoms with Gasteiger partial charge in [-0.25, -0.2) is 0 Å². The van der Waals surface area contributed by atoms with Crippen LogP contribution >= 0.6 is 0 Å². The Morgan fingerprint density at radius 3 is 2.21 bits per heavy atom. The van der Waals surface area contributed by atoms with Gasteiger partial charge in [0.05, 0.1) is 0 Å². The van der Waals surface area contributed by atoms with E-state index in [-0.39, 0.29) is 14.5 Å². The van der Waals surface area contributed by atoms with Crippen LogP contribution in [0.25, 0.3) is 32.9 Å². The predicted octanol–water partition coefficient (Wildman–Crippen LogP) is 6.57. The number of fused-ring (bicyclic) bond motifs is 1. The molecule has 0 atom stereocenters. The Balaban J connectivity index is 1.35. The molecule has 0 amide bonds. The van der Waals surface area contributed by atoms with Crippen molar-refractivity contribution in [1.29, 1.82) is 0 Å². The molecule has 0 radical (unpaired) electrons. The molecule has 6 aromatic rings. The van der Waals surface area contributed by atoms with Gasteiger partial charge in [-0.3, -0.25) is 0 Å². The minimum absolute atomic E-state index is 0.198. The average molecular weight is 581 g/mol. The summed E-state index contributed by atoms with van der Waals surface area (Å²) in [4.78, 5) is 7.03. The van der Waals surface area contributed by atoms with Crippen molar-refractivity contribution >= 4 is 19.0 Å². The molecule has 0 aliphatic rings. The van der Waals surface area contributed by atoms with Gasteiger partial charge in [0.15, 0.2) is 0 Å². The molecule has 6 nitrogen and oxygen atoms in total. The Morgan fingerprint density at radius 2 is 1.51 bits per heavy atom. The molecule has 0 N–H and O–H groups in total. The van der Waals surface area contributed by atoms with Crippen molar-refractivity contribution in [2.75, 3.05) is 0 Å². The molecular formula is C32H31N5OSe. The first-order valence-corrected chi connectivity index (χ1v) is 15.0. The quantitative estimate of drug-likeness (QED) is 0.122. The van der Waals surface area contributed by atoms with E-state index in [1.54, 1.807) is 4.68 Å². The number of ether oxygens (including phenoxy) is 1. The van der Waals surface area contributed by atoms with Gasteiger partial charge in [-0.05, 0) is 23.0 Å². The topological polar surface area (TPSA) is 48.2 Å². The maximum absolute atomic E-state index is 6.38. The van der Waals surface area contributed by atoms with Crippen molar-refractivity contribution in [3.8, 4) is 39.8 Å². The van der Waals surface area contributed by atoms with E-state index in [1.165, 1.54) is 16.8 Å². The fourth-order valence-corrected chi connectivity index (χ4v) is 6.85. The maximum atomic E-state index is 6.38. The second-order valence-electron chi connectivity index (χ2n) is 10.3. The van der Waals surface area contributed by atoms with Crippen molar-refractivity contribution < 1.29 is 9.42 Å². The van der Waals surface area contributed by atoms with Crippen LogP contribution in [0.3, 0.4) is 0 Å². The van der Waals surface area contributed by atoms with E-state index in [2.05, 4.69) is 97.3 Å². The molecule has 6 rings (SSSR count). The van der Waals surface area contributed by atoms with Crippen LogP contribution in [0.15, 0.2) is 84.1 Å². The van der Waals surface area contributed by atoms with E-state index in [1.807, 2.05) is 41.9 Å². The van der Waals surface area contributed by atoms with Crippen LogP contribution in [0.4, 0.5) is 0 Å². The molecule has 7 heteroatoms. The number of aromatic nitrogens is 5. The van der Waals surface area contributed by atoms with Crippen LogP contribution in [0.1, 0.15) is 50.7 Å². The number of para-hydroxylation sites is 1. The molecule has 0 bridgehead atoms. The Kier molecular flexibility index (Phi) is 6.71. The Labute approximate surface area is 234 Å². The fourth-order valence-electron chi connectivity index (χ4n) is 5.02. The van der Waals surface area contributed by atoms with Crippen LogP contribution in [0, 0.1) is 6.33 Å². The molecule has 0 fully saturated rings. The van der Waals surface area contributed by atoms with Gasteiger partial charge in [0.1, 0.15) is 0 Å². The summed E-state index contributed by atoms with van der Waals surface area (Å²) >= 11 is 0.198. The Hall–Kier alpha value is -3.93. The van der Waals surface area contributed by atoms with E-state index >= 15 is 0 Å². The van der Waals surface area contributed by atoms with Gasteiger partial charge in [-0.15, -0.1) is 0 Å². The summed E-state index contributed by atoms with van der Waals surface area (Å²) in [6.45, 7) is 8.99. The SMILES string of the molecule is CC(C)c1cccc(C(C)C)c1-n1ccnc1-c1cccc(Oc2cccc(-c3c[se]c4n[n+](C)[c-]n34)c2)c1. The van der Waals surface area contributed by atoms with Crippen molar-refractivity contribution in [1.82, 2.24) is 19.1 Å². The van der Waals surface area contributed by atoms with E-state index in [4.69, 9.17) is 9.72 Å². The zero-order chi connectivity index (χ0) is 27.1. The summed E-state index contributed by atoms with van der Waals surface area (Å²) < 4.78 is 13.4. The van der Waals surface area contributed by atoms with Crippen LogP contribution in [-0.2, 0) is 7.05 Å². The number of aryl methyl sites for hydroxylation is 1. The van der Waals surface area contributed by atoms with E-state index < -0.39 is 0 Å². The molecule has 0 saturated carbocycles. The van der Waals surface area contributed by atoms with Gasteiger partial charge >= 0.3 is 167 Å². The van der Waals surface area contributed by atoms with Gasteiger partial charge in [0, 0.05) is 0 Å². The summed E-state index contributed by atoms with van der Waals surface area (Å²) in [5, 5.41) is 4.51. The molecule has 0 spiro atoms. The predicted molar refractivity (Wildman–Crippen MR) is 155 cm³/mol. The number of hydrogen-bond donors (Lipinski definition) is 0. The standard InChI is InChI=1S/C32H31N5OSe/c1-21(2)27-13-8-14-28(22(3)4)30(27)36-16-15-33-31(36)24-10-7-12-26(18-24)38-25-11-6-9-23(17-25)29-19-39-32-34-35(5)20-37(29)32/h6-19,21-22H,1-5H3. The normalized spacial score (nSPS) is 11.7. The summed E-state index contributed by atoms with van der Waals surface area (Å²) in [6.07, 6.45) is 7.20. The van der Waals surface area contributed by atoms with Gasteiger partial charge in [-0.1, -0.05) is 45.9 Å². The zero-order valence-corrected chi connectivity index (χ0v) is 24.5. The number of nitrogens with zero attached hydrogens (tertiary/aromatic N) is 5. The molecule has 3 heterocycles. The first kappa shape index (κ1) is 25.4. The molecule has 196 valence electrons. The van der Waals surface area contributed by atoms with Crippen LogP contribution in [0.2, 0.25) is 0 Å². The van der Waals surface area contributed by atoms with Gasteiger partial charge in [-0.2, -0.15) is 0 Å². The number of hydrogen-bond acceptors (Lipinski definition) is 3. The summed E-state index contributed by atoms with van der Waals surface area (Å²) in [5.74, 6) is 3.24. The third-order valence-corrected chi connectivity index (χ3v) is 8.58. The summed E-state index contributed by atoms with van der Waals surface area (Å²) in [6, 6.07) is 23.0. The van der Waals surface area contributed by atoms with Gasteiger partial charge in [0.25, 0.3) is 0 Å². The summed E-state index contributed by atoms with van der Waals surface area (Å²) in [5.41, 5.74) is 7.06. The molecule has 0 aliphatic heterocycles. The third kappa shape index (κ3) is 4.84. The molecule has 3 aromatic heterocycles. The van der Waals surface area contributed by atoms with Gasteiger partial charge in [0.2, 0.25) is 0 Å². The molecule has 3 aromatic carbocycles. The van der Waals surface area contributed by atoms with E-state index in [9.17, 15) is 0 Å². The van der Waals surface area contributed by atoms with Crippen molar-refractivity contribution in [2.24, 2.45) is 7.05 Å². The van der Waals surface area contributed by atoms with Gasteiger partial charge < -0.3 is 0 Å². The first-order valence-electron chi connectivity index (χ1n) is 13.2. The average Bonchev–Trinajstić information content (AvgIpc) is 3.64. The molecule has 39 heavy (non-hydrogen) atoms. The Bertz CT molecular complexity index is 1750. The fraction of sp³-hybridized carbons (Fsp3) is 0.219. The molecule has 0 aliphatic carbocycles. The number of imidazole rings is 1. The van der Waals surface area contributed by atoms with E-state index in [0.29, 0.717) is 11.8 Å². The second kappa shape index (κ2) is 10.3. The van der Waals surface area contributed by atoms with E-state index in [0.717, 1.165) is 38.7 Å². The molecule has 0 unspecified atom stereocenters. The minimum atomic E-state index is 0.198. The van der Waals surface area contributed by atoms with Crippen molar-refractivity contribution in [3.05, 3.63) is 102 Å². The number of benzene rings is 3. The molecule has 0 saturated heterocycles. The van der Waals surface area contributed by atoms with Crippen molar-refractivity contribution in [3.63, 3.8) is 0 Å². The monoisotopic (exact) mass is 581 g/mol. The first-order chi connectivity index (χ1) is 18.9. The zero-order valence-electron chi connectivity index (χ0n) is 22.8. The molecular weight excluding hydrogens is 549 g/mol. The van der Waals surface area contributed by atoms with Crippen molar-refractivity contribution in [2.45, 2.75) is 39.5 Å². The third-order valence-electron chi connectivity index (χ3n) is 6.87. The second-order valence-corrected chi connectivity index (χ2v) is 12.1.